The topological polar surface area (TPSA) is 29.9 Å². The highest BCUT2D eigenvalue weighted by Gasteiger charge is 2.15. The summed E-state index contributed by atoms with van der Waals surface area (Å²) in [6, 6.07) is 2.26. The molecule has 1 N–H and O–H groups in total. The zero-order valence-corrected chi connectivity index (χ0v) is 11.7. The minimum atomic E-state index is 0. The molecule has 2 rings (SSSR count). The Bertz CT molecular complexity index is 329. The zero-order valence-electron chi connectivity index (χ0n) is 10.9. The van der Waals surface area contributed by atoms with Crippen molar-refractivity contribution in [3.05, 3.63) is 17.5 Å². The van der Waals surface area contributed by atoms with Crippen LogP contribution in [0, 0.1) is 5.92 Å². The van der Waals surface area contributed by atoms with Gasteiger partial charge in [-0.2, -0.15) is 5.10 Å². The molecule has 98 valence electrons. The smallest absolute Gasteiger partial charge is 0.0624 e. The molecule has 3 nitrogen and oxygen atoms in total. The molecule has 1 fully saturated rings. The molecule has 1 saturated heterocycles. The lowest BCUT2D eigenvalue weighted by molar-refractivity contribution is 0.317. The summed E-state index contributed by atoms with van der Waals surface area (Å²) in [5.74, 6) is 0.816. The molecule has 0 radical (unpaired) electrons. The number of piperidine rings is 1. The fourth-order valence-electron chi connectivity index (χ4n) is 2.44. The Morgan fingerprint density at radius 2 is 2.00 bits per heavy atom. The van der Waals surface area contributed by atoms with Crippen LogP contribution in [0.3, 0.4) is 0 Å². The van der Waals surface area contributed by atoms with Crippen molar-refractivity contribution in [1.82, 2.24) is 15.1 Å². The van der Waals surface area contributed by atoms with Crippen molar-refractivity contribution in [3.63, 3.8) is 0 Å². The molecule has 0 spiro atoms. The van der Waals surface area contributed by atoms with Gasteiger partial charge in [-0.1, -0.05) is 13.8 Å². The van der Waals surface area contributed by atoms with Crippen molar-refractivity contribution in [1.29, 1.82) is 0 Å². The largest absolute Gasteiger partial charge is 0.317 e. The van der Waals surface area contributed by atoms with Gasteiger partial charge in [-0.25, -0.2) is 0 Å². The molecule has 1 aromatic rings. The zero-order chi connectivity index (χ0) is 11.4. The fourth-order valence-corrected chi connectivity index (χ4v) is 2.44. The number of hydrogen-bond donors (Lipinski definition) is 1. The Hall–Kier alpha value is -0.540. The highest BCUT2D eigenvalue weighted by atomic mass is 35.5. The van der Waals surface area contributed by atoms with Crippen LogP contribution < -0.4 is 5.32 Å². The lowest BCUT2D eigenvalue weighted by Crippen LogP contribution is -2.30. The number of nitrogens with zero attached hydrogens (tertiary/aromatic N) is 2. The highest BCUT2D eigenvalue weighted by molar-refractivity contribution is 5.85. The summed E-state index contributed by atoms with van der Waals surface area (Å²) in [7, 11) is 0. The Kier molecular flexibility index (Phi) is 6.00. The van der Waals surface area contributed by atoms with E-state index in [4.69, 9.17) is 0 Å². The van der Waals surface area contributed by atoms with Gasteiger partial charge in [0.05, 0.1) is 5.69 Å². The van der Waals surface area contributed by atoms with Crippen LogP contribution in [0.15, 0.2) is 6.07 Å². The number of aromatic nitrogens is 2. The average Bonchev–Trinajstić information content (AvgIpc) is 2.73. The normalized spacial score (nSPS) is 16.8. The summed E-state index contributed by atoms with van der Waals surface area (Å²) < 4.78 is 2.24. The summed E-state index contributed by atoms with van der Waals surface area (Å²) in [5, 5.41) is 8.11. The summed E-state index contributed by atoms with van der Waals surface area (Å²) in [6.45, 7) is 7.86. The maximum atomic E-state index is 4.69. The van der Waals surface area contributed by atoms with Crippen molar-refractivity contribution in [2.24, 2.45) is 5.92 Å². The van der Waals surface area contributed by atoms with Crippen LogP contribution in [-0.4, -0.2) is 22.9 Å². The Morgan fingerprint density at radius 3 is 2.59 bits per heavy atom. The summed E-state index contributed by atoms with van der Waals surface area (Å²) in [6.07, 6.45) is 4.74. The van der Waals surface area contributed by atoms with E-state index in [0.29, 0.717) is 0 Å². The first-order chi connectivity index (χ1) is 7.83. The van der Waals surface area contributed by atoms with E-state index in [9.17, 15) is 0 Å². The second-order valence-corrected chi connectivity index (χ2v) is 4.71. The van der Waals surface area contributed by atoms with E-state index >= 15 is 0 Å². The first-order valence-corrected chi connectivity index (χ1v) is 6.59. The molecule has 0 aliphatic carbocycles. The average molecular weight is 258 g/mol. The third kappa shape index (κ3) is 3.71. The lowest BCUT2D eigenvalue weighted by atomic mass is 9.98. The molecule has 0 saturated carbocycles. The van der Waals surface area contributed by atoms with Gasteiger partial charge in [0.2, 0.25) is 0 Å². The van der Waals surface area contributed by atoms with Gasteiger partial charge in [-0.3, -0.25) is 4.68 Å². The summed E-state index contributed by atoms with van der Waals surface area (Å²) in [5.41, 5.74) is 2.64. The summed E-state index contributed by atoms with van der Waals surface area (Å²) in [4.78, 5) is 0. The van der Waals surface area contributed by atoms with Crippen LogP contribution in [0.25, 0.3) is 0 Å². The van der Waals surface area contributed by atoms with Gasteiger partial charge >= 0.3 is 0 Å². The van der Waals surface area contributed by atoms with Crippen LogP contribution in [0.4, 0.5) is 0 Å². The maximum absolute atomic E-state index is 4.69. The Labute approximate surface area is 110 Å². The molecule has 1 aliphatic rings. The quantitative estimate of drug-likeness (QED) is 0.898. The molecule has 0 atom stereocenters. The van der Waals surface area contributed by atoms with Crippen LogP contribution in [-0.2, 0) is 19.4 Å². The first kappa shape index (κ1) is 14.5. The van der Waals surface area contributed by atoms with Gasteiger partial charge in [0.15, 0.2) is 0 Å². The van der Waals surface area contributed by atoms with E-state index in [1.165, 1.54) is 37.3 Å². The third-order valence-corrected chi connectivity index (χ3v) is 3.53. The molecule has 2 heterocycles. The molecule has 1 aliphatic heterocycles. The van der Waals surface area contributed by atoms with Crippen molar-refractivity contribution >= 4 is 12.4 Å². The van der Waals surface area contributed by atoms with E-state index in [0.717, 1.165) is 25.3 Å². The van der Waals surface area contributed by atoms with Crippen LogP contribution >= 0.6 is 12.4 Å². The molecule has 17 heavy (non-hydrogen) atoms. The van der Waals surface area contributed by atoms with Crippen molar-refractivity contribution in [2.45, 2.75) is 46.1 Å². The molecule has 0 aromatic carbocycles. The van der Waals surface area contributed by atoms with E-state index in [1.54, 1.807) is 0 Å². The van der Waals surface area contributed by atoms with Gasteiger partial charge < -0.3 is 5.32 Å². The molecule has 0 unspecified atom stereocenters. The number of hydrogen-bond acceptors (Lipinski definition) is 2. The Morgan fingerprint density at radius 1 is 1.29 bits per heavy atom. The van der Waals surface area contributed by atoms with Gasteiger partial charge in [0, 0.05) is 12.2 Å². The number of nitrogens with one attached hydrogen (secondary N) is 1. The van der Waals surface area contributed by atoms with Crippen molar-refractivity contribution < 1.29 is 0 Å². The molecule has 0 bridgehead atoms. The number of aryl methyl sites for hydroxylation is 2. The minimum absolute atomic E-state index is 0. The van der Waals surface area contributed by atoms with E-state index in [-0.39, 0.29) is 12.4 Å². The van der Waals surface area contributed by atoms with Gasteiger partial charge in [0.25, 0.3) is 0 Å². The first-order valence-electron chi connectivity index (χ1n) is 6.59. The van der Waals surface area contributed by atoms with E-state index in [2.05, 4.69) is 35.0 Å². The molecule has 1 aromatic heterocycles. The molecule has 4 heteroatoms. The molecule has 0 amide bonds. The van der Waals surface area contributed by atoms with Crippen LogP contribution in [0.5, 0.6) is 0 Å². The second-order valence-electron chi connectivity index (χ2n) is 4.71. The fraction of sp³-hybridized carbons (Fsp3) is 0.769. The second kappa shape index (κ2) is 7.02. The number of rotatable bonds is 4. The highest BCUT2D eigenvalue weighted by Crippen LogP contribution is 2.16. The van der Waals surface area contributed by atoms with Crippen LogP contribution in [0.1, 0.15) is 38.1 Å². The van der Waals surface area contributed by atoms with Gasteiger partial charge in [-0.05, 0) is 50.8 Å². The monoisotopic (exact) mass is 257 g/mol. The predicted molar refractivity (Wildman–Crippen MR) is 73.8 cm³/mol. The minimum Gasteiger partial charge on any atom is -0.317 e. The maximum Gasteiger partial charge on any atom is 0.0624 e. The lowest BCUT2D eigenvalue weighted by Gasteiger charge is -2.23. The molecular weight excluding hydrogens is 234 g/mol. The summed E-state index contributed by atoms with van der Waals surface area (Å²) >= 11 is 0. The SMILES string of the molecule is CCc1cc(CC)n(CC2CCNCC2)n1.Cl. The van der Waals surface area contributed by atoms with Gasteiger partial charge in [-0.15, -0.1) is 12.4 Å². The Balaban J connectivity index is 0.00000144. The van der Waals surface area contributed by atoms with Crippen molar-refractivity contribution in [3.8, 4) is 0 Å². The number of halogens is 1. The third-order valence-electron chi connectivity index (χ3n) is 3.53. The van der Waals surface area contributed by atoms with Crippen molar-refractivity contribution in [2.75, 3.05) is 13.1 Å². The van der Waals surface area contributed by atoms with Crippen LogP contribution in [0.2, 0.25) is 0 Å². The van der Waals surface area contributed by atoms with Gasteiger partial charge in [0.1, 0.15) is 0 Å². The van der Waals surface area contributed by atoms with E-state index < -0.39 is 0 Å². The standard InChI is InChI=1S/C13H23N3.ClH/c1-3-12-9-13(4-2)16(15-12)10-11-5-7-14-8-6-11;/h9,11,14H,3-8,10H2,1-2H3;1H. The predicted octanol–water partition coefficient (Wildman–Crippen LogP) is 2.43. The van der Waals surface area contributed by atoms with E-state index in [1.807, 2.05) is 0 Å². The molecular formula is C13H24ClN3.